The van der Waals surface area contributed by atoms with Gasteiger partial charge in [-0.1, -0.05) is 0 Å². The molecule has 0 aliphatic heterocycles. The maximum atomic E-state index is 8.88. The third-order valence-corrected chi connectivity index (χ3v) is 0. The summed E-state index contributed by atoms with van der Waals surface area (Å²) in [5, 5.41) is 0. The van der Waals surface area contributed by atoms with Crippen molar-refractivity contribution < 1.29 is 143 Å². The minimum absolute atomic E-state index is 0. The van der Waals surface area contributed by atoms with Crippen LogP contribution >= 0.6 is 7.82 Å². The molecule has 0 saturated heterocycles. The van der Waals surface area contributed by atoms with Crippen molar-refractivity contribution in [1.29, 1.82) is 0 Å². The van der Waals surface area contributed by atoms with Gasteiger partial charge >= 0.3 is 96.4 Å². The quantitative estimate of drug-likeness (QED) is 0.126. The number of phosphoric acid groups is 1. The Labute approximate surface area is 149 Å². The molecule has 0 amide bonds. The molecule has 0 radical (unpaired) electrons. The van der Waals surface area contributed by atoms with Crippen molar-refractivity contribution in [2.75, 3.05) is 0 Å². The fourth-order valence-electron chi connectivity index (χ4n) is 0. The van der Waals surface area contributed by atoms with E-state index < -0.39 is 48.7 Å². The Hall–Kier alpha value is 1.33. The van der Waals surface area contributed by atoms with Crippen molar-refractivity contribution in [3.05, 3.63) is 0 Å². The molecule has 22 heteroatoms. The van der Waals surface area contributed by atoms with Crippen molar-refractivity contribution in [2.45, 2.75) is 0 Å². The molecule has 0 fully saturated rings. The first-order valence-corrected chi connectivity index (χ1v) is 11.0. The first-order valence-electron chi connectivity index (χ1n) is 2.88. The second-order valence-corrected chi connectivity index (χ2v) is 7.08. The summed E-state index contributed by atoms with van der Waals surface area (Å²) in [7, 11) is -4.64. The average Bonchev–Trinajstić information content (AvgIpc) is 1.62. The summed E-state index contributed by atoms with van der Waals surface area (Å²) in [5.41, 5.74) is 0. The van der Waals surface area contributed by atoms with Crippen molar-refractivity contribution in [3.63, 3.8) is 0 Å². The Morgan fingerprint density at radius 3 is 0.500 bits per heavy atom. The van der Waals surface area contributed by atoms with E-state index in [2.05, 4.69) is 0 Å². The number of hydrogen-bond donors (Lipinski definition) is 9. The molecule has 0 bridgehead atoms. The molecule has 0 aromatic carbocycles. The van der Waals surface area contributed by atoms with Crippen LogP contribution < -0.4 is 0 Å². The molecule has 0 aromatic heterocycles. The molecule has 9 N–H and O–H groups in total. The zero-order valence-electron chi connectivity index (χ0n) is 9.37. The van der Waals surface area contributed by atoms with Crippen LogP contribution in [0.2, 0.25) is 0 Å². The Balaban J connectivity index is -0.0000000376. The summed E-state index contributed by atoms with van der Waals surface area (Å²) in [6.07, 6.45) is 0. The predicted octanol–water partition coefficient (Wildman–Crippen LogP) is -5.00. The van der Waals surface area contributed by atoms with Gasteiger partial charge in [0.2, 0.25) is 0 Å². The fourth-order valence-corrected chi connectivity index (χ4v) is 0. The molecule has 0 atom stereocenters. The van der Waals surface area contributed by atoms with Gasteiger partial charge in [-0.15, -0.1) is 0 Å². The van der Waals surface area contributed by atoms with Gasteiger partial charge in [0.15, 0.2) is 0 Å². The Morgan fingerprint density at radius 2 is 0.500 bits per heavy atom. The summed E-state index contributed by atoms with van der Waals surface area (Å²) < 4.78 is 105. The second-order valence-electron chi connectivity index (χ2n) is 1.86. The SMILES string of the molecule is O=P(O)(O)O.[Cr].[Cr].[O]=[Cr](=[O])([OH])[OH].[O]=[Cr](=[O])([OH])[OH].[O]=[Cr](=[O])([OH])[OH]. The zero-order valence-corrected chi connectivity index (χ0v) is 16.6. The Bertz CT molecular complexity index is 465. The molecule has 0 rings (SSSR count). The van der Waals surface area contributed by atoms with E-state index in [4.69, 9.17) is 67.0 Å². The van der Waals surface area contributed by atoms with E-state index in [1.807, 2.05) is 0 Å². The summed E-state index contributed by atoms with van der Waals surface area (Å²) in [4.78, 5) is 21.6. The molecular weight excluding hydrogens is 547 g/mol. The first kappa shape index (κ1) is 38.7. The van der Waals surface area contributed by atoms with Crippen LogP contribution in [0.1, 0.15) is 0 Å². The molecule has 0 unspecified atom stereocenters. The van der Waals surface area contributed by atoms with Gasteiger partial charge in [0.1, 0.15) is 0 Å². The van der Waals surface area contributed by atoms with E-state index in [-0.39, 0.29) is 34.7 Å². The van der Waals surface area contributed by atoms with Crippen LogP contribution in [0.3, 0.4) is 0 Å². The first-order chi connectivity index (χ1) is 8.00. The van der Waals surface area contributed by atoms with Crippen LogP contribution in [0.4, 0.5) is 0 Å². The summed E-state index contributed by atoms with van der Waals surface area (Å²) in [5.74, 6) is 0. The van der Waals surface area contributed by atoms with Crippen molar-refractivity contribution in [2.24, 2.45) is 0 Å². The van der Waals surface area contributed by atoms with Crippen molar-refractivity contribution in [1.82, 2.24) is 0 Å². The summed E-state index contributed by atoms with van der Waals surface area (Å²) >= 11 is -15.8. The number of rotatable bonds is 0. The van der Waals surface area contributed by atoms with E-state index >= 15 is 0 Å². The van der Waals surface area contributed by atoms with E-state index in [1.54, 1.807) is 0 Å². The van der Waals surface area contributed by atoms with Crippen molar-refractivity contribution >= 4 is 7.82 Å². The van der Waals surface area contributed by atoms with E-state index in [9.17, 15) is 0 Å². The third kappa shape index (κ3) is 4970. The monoisotopic (exact) mass is 556 g/mol. The van der Waals surface area contributed by atoms with Crippen LogP contribution in [0.15, 0.2) is 0 Å². The van der Waals surface area contributed by atoms with E-state index in [1.165, 1.54) is 0 Å². The second kappa shape index (κ2) is 15.8. The molecule has 0 heterocycles. The Kier molecular flexibility index (Phi) is 27.9. The molecule has 0 aromatic rings. The van der Waals surface area contributed by atoms with Gasteiger partial charge in [-0.2, -0.15) is 0 Å². The van der Waals surface area contributed by atoms with Gasteiger partial charge in [-0.25, -0.2) is 4.57 Å². The average molecular weight is 556 g/mol. The molecule has 0 saturated carbocycles. The van der Waals surface area contributed by atoms with Gasteiger partial charge in [0, 0.05) is 34.7 Å². The molecule has 0 spiro atoms. The van der Waals surface area contributed by atoms with Crippen LogP contribution in [0.25, 0.3) is 0 Å². The van der Waals surface area contributed by atoms with Gasteiger partial charge in [0.05, 0.1) is 0 Å². The van der Waals surface area contributed by atoms with Gasteiger partial charge < -0.3 is 14.7 Å². The molecule has 22 heavy (non-hydrogen) atoms. The van der Waals surface area contributed by atoms with E-state index in [0.29, 0.717) is 0 Å². The van der Waals surface area contributed by atoms with Gasteiger partial charge in [-0.3, -0.25) is 0 Å². The summed E-state index contributed by atoms with van der Waals surface area (Å²) in [6, 6.07) is 0. The van der Waals surface area contributed by atoms with Crippen LogP contribution in [0.5, 0.6) is 0 Å². The van der Waals surface area contributed by atoms with Gasteiger partial charge in [-0.05, 0) is 0 Å². The molecule has 140 valence electrons. The predicted molar refractivity (Wildman–Crippen MR) is 31.7 cm³/mol. The van der Waals surface area contributed by atoms with Gasteiger partial charge in [0.25, 0.3) is 0 Å². The molecule has 0 aliphatic rings. The zero-order chi connectivity index (χ0) is 18.0. The third-order valence-electron chi connectivity index (χ3n) is 0. The molecule has 16 nitrogen and oxygen atoms in total. The fraction of sp³-hybridized carbons (Fsp3) is 0. The minimum atomic E-state index is -5.25. The van der Waals surface area contributed by atoms with Crippen LogP contribution in [-0.4, -0.2) is 39.6 Å². The topological polar surface area (TPSA) is 302 Å². The normalized spacial score (nSPS) is 10.6. The summed E-state index contributed by atoms with van der Waals surface area (Å²) in [6.45, 7) is 0. The van der Waals surface area contributed by atoms with Crippen LogP contribution in [-0.2, 0) is 103 Å². The van der Waals surface area contributed by atoms with Crippen LogP contribution in [0, 0.1) is 0 Å². The maximum absolute atomic E-state index is 8.88. The molecular formula is H9Cr5O16P. The number of hydrogen-bond acceptors (Lipinski definition) is 7. The standard InChI is InChI=1S/5Cr.H3O4P.6H2O.6O/c;;;;;1-5(2,3)4;;;;;;;;;;;;/h;;;;;(H3,1,2,3,4);6*1H2;;;;;;/q;;3*+2;;;;;;;;;;;;;/p-6. The van der Waals surface area contributed by atoms with E-state index in [0.717, 1.165) is 0 Å². The molecule has 0 aliphatic carbocycles. The Morgan fingerprint density at radius 1 is 0.500 bits per heavy atom. The van der Waals surface area contributed by atoms with Crippen molar-refractivity contribution in [3.8, 4) is 0 Å².